The maximum Gasteiger partial charge on any atom is 0.310 e. The number of fused-ring (bicyclic) bond motifs is 2. The van der Waals surface area contributed by atoms with E-state index in [0.29, 0.717) is 6.42 Å². The van der Waals surface area contributed by atoms with Gasteiger partial charge in [-0.25, -0.2) is 0 Å². The van der Waals surface area contributed by atoms with Gasteiger partial charge in [0.1, 0.15) is 11.5 Å². The lowest BCUT2D eigenvalue weighted by molar-refractivity contribution is -0.146. The first-order chi connectivity index (χ1) is 13.4. The zero-order valence-corrected chi connectivity index (χ0v) is 15.5. The first-order valence-corrected chi connectivity index (χ1v) is 9.49. The van der Waals surface area contributed by atoms with Crippen LogP contribution in [0.5, 0.6) is 0 Å². The number of hydrogen-bond acceptors (Lipinski definition) is 3. The smallest absolute Gasteiger partial charge is 0.310 e. The third-order valence-corrected chi connectivity index (χ3v) is 6.27. The topological polar surface area (TPSA) is 66.8 Å². The summed E-state index contributed by atoms with van der Waals surface area (Å²) < 4.78 is 6.21. The van der Waals surface area contributed by atoms with Gasteiger partial charge in [-0.2, -0.15) is 0 Å². The van der Waals surface area contributed by atoms with E-state index in [-0.39, 0.29) is 11.9 Å². The molecule has 2 fully saturated rings. The molecule has 5 atom stereocenters. The van der Waals surface area contributed by atoms with Crippen molar-refractivity contribution in [3.63, 3.8) is 0 Å². The molecule has 28 heavy (non-hydrogen) atoms. The van der Waals surface area contributed by atoms with Crippen molar-refractivity contribution in [1.29, 1.82) is 0 Å². The molecule has 3 aliphatic heterocycles. The molecule has 0 unspecified atom stereocenters. The van der Waals surface area contributed by atoms with Crippen LogP contribution in [0.3, 0.4) is 0 Å². The number of aliphatic carboxylic acids is 1. The molecule has 0 aromatic heterocycles. The lowest BCUT2D eigenvalue weighted by Crippen LogP contribution is -2.45. The van der Waals surface area contributed by atoms with Crippen LogP contribution in [0.25, 0.3) is 10.8 Å². The van der Waals surface area contributed by atoms with Crippen LogP contribution in [0.15, 0.2) is 66.8 Å². The molecule has 0 aliphatic carbocycles. The fraction of sp³-hybridized carbons (Fsp3) is 0.304. The van der Waals surface area contributed by atoms with Crippen molar-refractivity contribution < 1.29 is 19.4 Å². The number of amides is 1. The average Bonchev–Trinajstić information content (AvgIpc) is 3.30. The summed E-state index contributed by atoms with van der Waals surface area (Å²) >= 11 is 0. The number of carboxylic acids is 1. The molecule has 3 heterocycles. The Balaban J connectivity index is 1.71. The van der Waals surface area contributed by atoms with Gasteiger partial charge in [0.25, 0.3) is 0 Å². The molecule has 0 radical (unpaired) electrons. The highest BCUT2D eigenvalue weighted by atomic mass is 16.5. The largest absolute Gasteiger partial charge is 0.481 e. The zero-order chi connectivity index (χ0) is 19.6. The lowest BCUT2D eigenvalue weighted by atomic mass is 9.74. The van der Waals surface area contributed by atoms with Gasteiger partial charge in [-0.3, -0.25) is 9.59 Å². The standard InChI is InChI=1S/C23H21NO4/c1-13(2)12-18-23-11-10-17(28-23)19(22(26)27)20(23)21(25)24(18)16-9-5-7-14-6-3-4-8-15(14)16/h3-11,17-20H,1,12H2,2H3,(H,26,27)/t17-,18+,19-,20-,23-/m1/s1. The second-order valence-electron chi connectivity index (χ2n) is 8.02. The van der Waals surface area contributed by atoms with E-state index in [4.69, 9.17) is 4.74 Å². The van der Waals surface area contributed by atoms with Gasteiger partial charge in [0.15, 0.2) is 0 Å². The minimum Gasteiger partial charge on any atom is -0.481 e. The molecule has 142 valence electrons. The Morgan fingerprint density at radius 3 is 2.75 bits per heavy atom. The highest BCUT2D eigenvalue weighted by molar-refractivity contribution is 6.09. The maximum absolute atomic E-state index is 13.6. The summed E-state index contributed by atoms with van der Waals surface area (Å²) in [6.45, 7) is 5.97. The summed E-state index contributed by atoms with van der Waals surface area (Å²) in [7, 11) is 0. The Bertz CT molecular complexity index is 1050. The molecule has 1 amide bonds. The van der Waals surface area contributed by atoms with Crippen molar-refractivity contribution in [2.45, 2.75) is 31.1 Å². The van der Waals surface area contributed by atoms with E-state index in [1.54, 1.807) is 11.0 Å². The second kappa shape index (κ2) is 5.79. The Kier molecular flexibility index (Phi) is 3.55. The molecule has 0 saturated carbocycles. The van der Waals surface area contributed by atoms with Crippen LogP contribution < -0.4 is 4.90 Å². The van der Waals surface area contributed by atoms with Crippen LogP contribution in [0.1, 0.15) is 13.3 Å². The number of ether oxygens (including phenoxy) is 1. The zero-order valence-electron chi connectivity index (χ0n) is 15.5. The van der Waals surface area contributed by atoms with Gasteiger partial charge < -0.3 is 14.7 Å². The normalized spacial score (nSPS) is 32.9. The summed E-state index contributed by atoms with van der Waals surface area (Å²) in [6.07, 6.45) is 3.72. The van der Waals surface area contributed by atoms with Crippen LogP contribution in [-0.4, -0.2) is 34.7 Å². The van der Waals surface area contributed by atoms with E-state index in [1.807, 2.05) is 55.5 Å². The number of benzene rings is 2. The van der Waals surface area contributed by atoms with E-state index >= 15 is 0 Å². The molecule has 5 heteroatoms. The van der Waals surface area contributed by atoms with Gasteiger partial charge in [-0.1, -0.05) is 54.1 Å². The quantitative estimate of drug-likeness (QED) is 0.830. The lowest BCUT2D eigenvalue weighted by Gasteiger charge is -2.34. The average molecular weight is 375 g/mol. The molecule has 5 rings (SSSR count). The van der Waals surface area contributed by atoms with Gasteiger partial charge >= 0.3 is 5.97 Å². The van der Waals surface area contributed by atoms with Gasteiger partial charge in [0.05, 0.1) is 23.8 Å². The minimum absolute atomic E-state index is 0.179. The van der Waals surface area contributed by atoms with E-state index in [1.165, 1.54) is 0 Å². The first kappa shape index (κ1) is 17.2. The second-order valence-corrected chi connectivity index (χ2v) is 8.02. The first-order valence-electron chi connectivity index (χ1n) is 9.49. The molecule has 1 N–H and O–H groups in total. The third-order valence-electron chi connectivity index (χ3n) is 6.27. The predicted molar refractivity (Wildman–Crippen MR) is 106 cm³/mol. The summed E-state index contributed by atoms with van der Waals surface area (Å²) in [5.74, 6) is -2.74. The number of nitrogens with zero attached hydrogens (tertiary/aromatic N) is 1. The molecular formula is C23H21NO4. The van der Waals surface area contributed by atoms with E-state index < -0.39 is 29.5 Å². The Morgan fingerprint density at radius 2 is 2.00 bits per heavy atom. The number of carboxylic acid groups (broad SMARTS) is 1. The molecule has 2 aromatic carbocycles. The number of rotatable bonds is 4. The fourth-order valence-electron chi connectivity index (χ4n) is 5.22. The Hall–Kier alpha value is -2.92. The summed E-state index contributed by atoms with van der Waals surface area (Å²) in [6, 6.07) is 13.4. The molecule has 2 bridgehead atoms. The summed E-state index contributed by atoms with van der Waals surface area (Å²) in [4.78, 5) is 27.4. The molecule has 3 aliphatic rings. The van der Waals surface area contributed by atoms with E-state index in [9.17, 15) is 14.7 Å². The Labute approximate surface area is 162 Å². The Morgan fingerprint density at radius 1 is 1.25 bits per heavy atom. The van der Waals surface area contributed by atoms with Crippen molar-refractivity contribution in [3.05, 3.63) is 66.8 Å². The highest BCUT2D eigenvalue weighted by Gasteiger charge is 2.71. The van der Waals surface area contributed by atoms with Gasteiger partial charge in [-0.05, 0) is 24.8 Å². The van der Waals surface area contributed by atoms with Crippen molar-refractivity contribution in [3.8, 4) is 0 Å². The van der Waals surface area contributed by atoms with Crippen molar-refractivity contribution in [2.24, 2.45) is 11.8 Å². The maximum atomic E-state index is 13.6. The monoisotopic (exact) mass is 375 g/mol. The van der Waals surface area contributed by atoms with Crippen LogP contribution in [0.2, 0.25) is 0 Å². The van der Waals surface area contributed by atoms with E-state index in [2.05, 4.69) is 6.58 Å². The molecule has 2 saturated heterocycles. The summed E-state index contributed by atoms with van der Waals surface area (Å²) in [5.41, 5.74) is 0.806. The van der Waals surface area contributed by atoms with Crippen LogP contribution in [-0.2, 0) is 14.3 Å². The predicted octanol–water partition coefficient (Wildman–Crippen LogP) is 3.55. The van der Waals surface area contributed by atoms with Crippen LogP contribution in [0, 0.1) is 11.8 Å². The summed E-state index contributed by atoms with van der Waals surface area (Å²) in [5, 5.41) is 11.8. The molecule has 2 aromatic rings. The SMILES string of the molecule is C=C(C)C[C@@H]1N(c2cccc3ccccc23)C(=O)[C@H]2[C@H](C(=O)O)[C@H]3C=C[C@@]12O3. The van der Waals surface area contributed by atoms with Crippen LogP contribution >= 0.6 is 0 Å². The van der Waals surface area contributed by atoms with E-state index in [0.717, 1.165) is 22.0 Å². The fourth-order valence-corrected chi connectivity index (χ4v) is 5.22. The van der Waals surface area contributed by atoms with Gasteiger partial charge in [-0.15, -0.1) is 6.58 Å². The molecular weight excluding hydrogens is 354 g/mol. The molecule has 1 spiro atoms. The number of carbonyl (C=O) groups excluding carboxylic acids is 1. The van der Waals surface area contributed by atoms with Crippen molar-refractivity contribution >= 4 is 28.3 Å². The van der Waals surface area contributed by atoms with Gasteiger partial charge in [0.2, 0.25) is 5.91 Å². The minimum atomic E-state index is -0.983. The molecule has 5 nitrogen and oxygen atoms in total. The van der Waals surface area contributed by atoms with Crippen molar-refractivity contribution in [2.75, 3.05) is 4.90 Å². The third kappa shape index (κ3) is 2.11. The number of carbonyl (C=O) groups is 2. The number of hydrogen-bond donors (Lipinski definition) is 1. The highest BCUT2D eigenvalue weighted by Crippen LogP contribution is 2.57. The van der Waals surface area contributed by atoms with Gasteiger partial charge in [0, 0.05) is 5.39 Å². The van der Waals surface area contributed by atoms with Crippen LogP contribution in [0.4, 0.5) is 5.69 Å². The van der Waals surface area contributed by atoms with Crippen molar-refractivity contribution in [1.82, 2.24) is 0 Å². The number of anilines is 1.